The van der Waals surface area contributed by atoms with Crippen molar-refractivity contribution >= 4 is 11.9 Å². The monoisotopic (exact) mass is 1000 g/mol. The second-order valence-electron chi connectivity index (χ2n) is 20.4. The molecule has 0 aliphatic carbocycles. The van der Waals surface area contributed by atoms with Crippen LogP contribution < -0.4 is 9.47 Å². The summed E-state index contributed by atoms with van der Waals surface area (Å²) in [4.78, 5) is 38.5. The first kappa shape index (κ1) is 61.9. The molecule has 11 nitrogen and oxygen atoms in total. The molecule has 2 aromatic carbocycles. The molecule has 0 amide bonds. The van der Waals surface area contributed by atoms with Gasteiger partial charge in [0.05, 0.1) is 24.3 Å². The topological polar surface area (TPSA) is 150 Å². The average molecular weight is 1000 g/mol. The summed E-state index contributed by atoms with van der Waals surface area (Å²) < 4.78 is 22.4. The molecule has 0 fully saturated rings. The number of aryl methyl sites for hydroxylation is 1. The van der Waals surface area contributed by atoms with Crippen molar-refractivity contribution in [2.24, 2.45) is 0 Å². The summed E-state index contributed by atoms with van der Waals surface area (Å²) in [5.41, 5.74) is 0.632. The first-order chi connectivity index (χ1) is 35.1. The predicted octanol–water partition coefficient (Wildman–Crippen LogP) is 17.2. The highest BCUT2D eigenvalue weighted by molar-refractivity contribution is 5.75. The number of phenols is 2. The van der Waals surface area contributed by atoms with Gasteiger partial charge in [-0.2, -0.15) is 0 Å². The number of carbonyl (C=O) groups is 2. The molecule has 0 aliphatic heterocycles. The van der Waals surface area contributed by atoms with Crippen LogP contribution in [0.5, 0.6) is 23.0 Å². The molecule has 11 heteroatoms. The van der Waals surface area contributed by atoms with E-state index in [2.05, 4.69) is 28.8 Å². The van der Waals surface area contributed by atoms with E-state index in [4.69, 9.17) is 18.9 Å². The molecule has 1 aromatic heterocycles. The van der Waals surface area contributed by atoms with Gasteiger partial charge in [0, 0.05) is 12.1 Å². The zero-order chi connectivity index (χ0) is 51.9. The van der Waals surface area contributed by atoms with Gasteiger partial charge in [0.15, 0.2) is 23.9 Å². The Morgan fingerprint density at radius 1 is 0.417 bits per heavy atom. The fourth-order valence-electron chi connectivity index (χ4n) is 9.19. The third-order valence-electron chi connectivity index (χ3n) is 13.7. The number of aromatic nitrogens is 3. The molecule has 2 unspecified atom stereocenters. The number of esters is 2. The largest absolute Gasteiger partial charge is 0.507 e. The van der Waals surface area contributed by atoms with Gasteiger partial charge in [0.2, 0.25) is 0 Å². The van der Waals surface area contributed by atoms with E-state index < -0.39 is 24.1 Å². The third-order valence-corrected chi connectivity index (χ3v) is 13.7. The highest BCUT2D eigenvalue weighted by atomic mass is 16.6. The van der Waals surface area contributed by atoms with Gasteiger partial charge in [-0.15, -0.1) is 0 Å². The van der Waals surface area contributed by atoms with Gasteiger partial charge >= 0.3 is 11.9 Å². The summed E-state index contributed by atoms with van der Waals surface area (Å²) >= 11 is 0. The van der Waals surface area contributed by atoms with Crippen LogP contribution in [0.1, 0.15) is 258 Å². The fourth-order valence-corrected chi connectivity index (χ4v) is 9.19. The van der Waals surface area contributed by atoms with Crippen LogP contribution >= 0.6 is 0 Å². The molecule has 2 N–H and O–H groups in total. The van der Waals surface area contributed by atoms with Crippen molar-refractivity contribution in [2.75, 3.05) is 13.2 Å². The van der Waals surface area contributed by atoms with Crippen molar-refractivity contribution in [3.05, 3.63) is 42.2 Å². The van der Waals surface area contributed by atoms with E-state index in [-0.39, 0.29) is 28.9 Å². The molecule has 0 aliphatic rings. The van der Waals surface area contributed by atoms with Crippen molar-refractivity contribution in [1.82, 2.24) is 15.0 Å². The van der Waals surface area contributed by atoms with E-state index in [1.54, 1.807) is 45.0 Å². The van der Waals surface area contributed by atoms with Crippen LogP contribution in [0, 0.1) is 6.92 Å². The minimum absolute atomic E-state index is 0.152. The summed E-state index contributed by atoms with van der Waals surface area (Å²) in [5.74, 6) is 0.0885. The van der Waals surface area contributed by atoms with Crippen molar-refractivity contribution < 1.29 is 38.7 Å². The molecule has 0 spiro atoms. The van der Waals surface area contributed by atoms with Crippen LogP contribution in [0.15, 0.2) is 36.4 Å². The van der Waals surface area contributed by atoms with Gasteiger partial charge < -0.3 is 29.2 Å². The maximum Gasteiger partial charge on any atom is 0.347 e. The minimum Gasteiger partial charge on any atom is -0.507 e. The lowest BCUT2D eigenvalue weighted by molar-refractivity contribution is -0.152. The zero-order valence-electron chi connectivity index (χ0n) is 46.0. The van der Waals surface area contributed by atoms with Gasteiger partial charge in [0.1, 0.15) is 28.8 Å². The summed E-state index contributed by atoms with van der Waals surface area (Å²) in [5, 5.41) is 21.9. The molecule has 406 valence electrons. The van der Waals surface area contributed by atoms with E-state index in [9.17, 15) is 19.8 Å². The number of ether oxygens (including phenoxy) is 4. The smallest absolute Gasteiger partial charge is 0.347 e. The number of hydrogen-bond donors (Lipinski definition) is 2. The van der Waals surface area contributed by atoms with Crippen LogP contribution in [-0.2, 0) is 19.1 Å². The Morgan fingerprint density at radius 2 is 0.681 bits per heavy atom. The Bertz CT molecular complexity index is 1870. The molecule has 1 heterocycles. The van der Waals surface area contributed by atoms with Crippen molar-refractivity contribution in [1.29, 1.82) is 0 Å². The number of hydrogen-bond acceptors (Lipinski definition) is 11. The molecular weight excluding hydrogens is 903 g/mol. The normalized spacial score (nSPS) is 12.2. The third kappa shape index (κ3) is 28.2. The fraction of sp³-hybridized carbons (Fsp3) is 0.721. The highest BCUT2D eigenvalue weighted by Gasteiger charge is 2.21. The molecule has 3 rings (SSSR count). The molecule has 3 aromatic rings. The maximum absolute atomic E-state index is 12.7. The van der Waals surface area contributed by atoms with Crippen LogP contribution in [0.4, 0.5) is 0 Å². The van der Waals surface area contributed by atoms with Crippen LogP contribution in [0.25, 0.3) is 22.8 Å². The molecule has 0 saturated heterocycles. The second-order valence-corrected chi connectivity index (χ2v) is 20.4. The SMILES string of the molecule is CCCCCCCCCCCCCCCCCCCCCCCCCCCCCCCCOC(=O)C(C)Oc1ccc(-c2nc(C)nc(-c3ccc(OC(C)C(=O)OCCCCCCC)cc3O)n2)c(O)c1. The number of unbranched alkanes of at least 4 members (excludes halogenated alkanes) is 33. The van der Waals surface area contributed by atoms with E-state index >= 15 is 0 Å². The zero-order valence-corrected chi connectivity index (χ0v) is 46.0. The second kappa shape index (κ2) is 40.0. The number of nitrogens with zero attached hydrogens (tertiary/aromatic N) is 3. The molecule has 2 atom stereocenters. The average Bonchev–Trinajstić information content (AvgIpc) is 3.36. The quantitative estimate of drug-likeness (QED) is 0.0411. The molecule has 0 bridgehead atoms. The predicted molar refractivity (Wildman–Crippen MR) is 294 cm³/mol. The lowest BCUT2D eigenvalue weighted by Crippen LogP contribution is -2.26. The van der Waals surface area contributed by atoms with Crippen molar-refractivity contribution in [2.45, 2.75) is 272 Å². The van der Waals surface area contributed by atoms with Crippen molar-refractivity contribution in [3.63, 3.8) is 0 Å². The first-order valence-corrected chi connectivity index (χ1v) is 29.2. The molecule has 72 heavy (non-hydrogen) atoms. The standard InChI is InChI=1S/C61H99N3O8/c1-6-8-10-12-13-14-15-16-17-18-19-20-21-22-23-24-25-26-27-28-29-30-31-32-33-34-35-36-38-40-46-70-61(68)50(4)72-53-42-44-55(57(66)48-53)59-63-51(5)62-58(64-59)54-43-41-52(47-56(54)65)71-49(3)60(67)69-45-39-37-11-9-7-2/h41-44,47-50,65-66H,6-40,45-46H2,1-5H3. The Hall–Kier alpha value is -4.41. The van der Waals surface area contributed by atoms with E-state index in [1.165, 1.54) is 192 Å². The highest BCUT2D eigenvalue weighted by Crippen LogP contribution is 2.35. The van der Waals surface area contributed by atoms with E-state index in [0.29, 0.717) is 35.9 Å². The van der Waals surface area contributed by atoms with Crippen LogP contribution in [0.2, 0.25) is 0 Å². The van der Waals surface area contributed by atoms with Gasteiger partial charge in [-0.25, -0.2) is 24.5 Å². The minimum atomic E-state index is -0.862. The summed E-state index contributed by atoms with van der Waals surface area (Å²) in [6, 6.07) is 9.24. The number of benzene rings is 2. The van der Waals surface area contributed by atoms with E-state index in [1.807, 2.05) is 0 Å². The maximum atomic E-state index is 12.7. The number of carbonyl (C=O) groups excluding carboxylic acids is 2. The van der Waals surface area contributed by atoms with Gasteiger partial charge in [-0.05, 0) is 57.9 Å². The van der Waals surface area contributed by atoms with Gasteiger partial charge in [-0.3, -0.25) is 0 Å². The Morgan fingerprint density at radius 3 is 0.944 bits per heavy atom. The van der Waals surface area contributed by atoms with Crippen LogP contribution in [0.3, 0.4) is 0 Å². The summed E-state index contributed by atoms with van der Waals surface area (Å²) in [7, 11) is 0. The van der Waals surface area contributed by atoms with Gasteiger partial charge in [0.25, 0.3) is 0 Å². The van der Waals surface area contributed by atoms with Crippen molar-refractivity contribution in [3.8, 4) is 45.8 Å². The number of aromatic hydroxyl groups is 2. The molecular formula is C61H99N3O8. The Labute approximate surface area is 436 Å². The van der Waals surface area contributed by atoms with Gasteiger partial charge in [-0.1, -0.05) is 226 Å². The number of phenolic OH excluding ortho intramolecular Hbond substituents is 2. The Balaban J connectivity index is 1.18. The molecule has 0 saturated carbocycles. The Kier molecular flexibility index (Phi) is 34.4. The summed E-state index contributed by atoms with van der Waals surface area (Å²) in [6.45, 7) is 10.1. The molecule has 0 radical (unpaired) electrons. The first-order valence-electron chi connectivity index (χ1n) is 29.2. The van der Waals surface area contributed by atoms with Crippen LogP contribution in [-0.4, -0.2) is 62.5 Å². The lowest BCUT2D eigenvalue weighted by Gasteiger charge is -2.15. The lowest BCUT2D eigenvalue weighted by atomic mass is 10.0. The summed E-state index contributed by atoms with van der Waals surface area (Å²) in [6.07, 6.45) is 44.6. The van der Waals surface area contributed by atoms with E-state index in [0.717, 1.165) is 44.9 Å². The number of rotatable bonds is 45.